The number of methoxy groups -OCH3 is 1. The van der Waals surface area contributed by atoms with Crippen LogP contribution in [0.1, 0.15) is 62.4 Å². The first-order valence-corrected chi connectivity index (χ1v) is 11.8. The van der Waals surface area contributed by atoms with Crippen LogP contribution >= 0.6 is 0 Å². The number of Topliss-reactive ketones (excluding diaryl/α,β-unsaturated/α-hetero) is 2. The van der Waals surface area contributed by atoms with Crippen LogP contribution < -0.4 is 14.8 Å². The van der Waals surface area contributed by atoms with E-state index in [1.54, 1.807) is 26.8 Å². The van der Waals surface area contributed by atoms with E-state index in [2.05, 4.69) is 5.32 Å². The largest absolute Gasteiger partial charge is 0.507 e. The summed E-state index contributed by atoms with van der Waals surface area (Å²) < 4.78 is 11.2. The fraction of sp³-hybridized carbons (Fsp3) is 0.321. The lowest BCUT2D eigenvalue weighted by Crippen LogP contribution is -2.47. The predicted octanol–water partition coefficient (Wildman–Crippen LogP) is 2.85. The van der Waals surface area contributed by atoms with Crippen molar-refractivity contribution in [2.45, 2.75) is 46.6 Å². The zero-order valence-electron chi connectivity index (χ0n) is 21.8. The Balaban J connectivity index is 1.79. The number of phenols is 1. The average molecular weight is 522 g/mol. The summed E-state index contributed by atoms with van der Waals surface area (Å²) >= 11 is 0. The van der Waals surface area contributed by atoms with Crippen LogP contribution in [0.3, 0.4) is 0 Å². The Bertz CT molecular complexity index is 1500. The first-order chi connectivity index (χ1) is 17.7. The number of aromatic hydroxyl groups is 1. The van der Waals surface area contributed by atoms with Gasteiger partial charge in [-0.15, -0.1) is 0 Å². The first kappa shape index (κ1) is 26.6. The number of carbonyl (C=O) groups excluding carboxylic acids is 4. The van der Waals surface area contributed by atoms with Crippen molar-refractivity contribution in [2.75, 3.05) is 7.11 Å². The maximum absolute atomic E-state index is 13.5. The highest BCUT2D eigenvalue weighted by molar-refractivity contribution is 6.27. The number of carbonyl (C=O) groups is 5. The van der Waals surface area contributed by atoms with Gasteiger partial charge in [-0.2, -0.15) is 0 Å². The number of hydrogen-bond acceptors (Lipinski definition) is 8. The first-order valence-electron chi connectivity index (χ1n) is 11.8. The molecule has 2 aromatic carbocycles. The third-order valence-corrected chi connectivity index (χ3v) is 7.51. The lowest BCUT2D eigenvalue weighted by molar-refractivity contribution is -0.140. The molecule has 1 unspecified atom stereocenters. The number of amides is 1. The smallest absolute Gasteiger partial charge is 0.335 e. The van der Waals surface area contributed by atoms with Crippen molar-refractivity contribution in [3.05, 3.63) is 62.9 Å². The van der Waals surface area contributed by atoms with Crippen molar-refractivity contribution < 1.29 is 43.7 Å². The van der Waals surface area contributed by atoms with E-state index in [9.17, 15) is 34.2 Å². The number of carboxylic acid groups (broad SMARTS) is 1. The molecule has 0 radical (unpaired) electrons. The van der Waals surface area contributed by atoms with Gasteiger partial charge in [-0.3, -0.25) is 19.2 Å². The van der Waals surface area contributed by atoms with Gasteiger partial charge in [0.1, 0.15) is 39.9 Å². The highest BCUT2D eigenvalue weighted by atomic mass is 16.5. The standard InChI is InChI=1S/C28H27NO9/c1-11-7-15(27(35)36)12(2)13(3)16(11)10-29-26(34)22-19(37-6)8-18(32)23-24(22)38-20-9-17(31)21(14(4)30)25(33)28(20,23)5/h7-9,21,32H,10H2,1-6H3,(H,29,34)(H,35,36)/t21?,28-/m1/s1. The van der Waals surface area contributed by atoms with Gasteiger partial charge in [-0.05, 0) is 62.9 Å². The van der Waals surface area contributed by atoms with Crippen LogP contribution in [0.2, 0.25) is 0 Å². The molecule has 0 aromatic heterocycles. The predicted molar refractivity (Wildman–Crippen MR) is 134 cm³/mol. The van der Waals surface area contributed by atoms with Gasteiger partial charge in [0, 0.05) is 18.7 Å². The molecule has 1 aliphatic carbocycles. The molecular formula is C28H27NO9. The summed E-state index contributed by atoms with van der Waals surface area (Å²) in [6.45, 7) is 7.82. The number of ether oxygens (including phenoxy) is 2. The summed E-state index contributed by atoms with van der Waals surface area (Å²) in [4.78, 5) is 63.0. The topological polar surface area (TPSA) is 156 Å². The van der Waals surface area contributed by atoms with Crippen molar-refractivity contribution in [3.63, 3.8) is 0 Å². The van der Waals surface area contributed by atoms with Crippen molar-refractivity contribution in [1.29, 1.82) is 0 Å². The maximum Gasteiger partial charge on any atom is 0.335 e. The number of nitrogens with one attached hydrogen (secondary N) is 1. The highest BCUT2D eigenvalue weighted by Gasteiger charge is 2.58. The van der Waals surface area contributed by atoms with Crippen LogP contribution in [0, 0.1) is 26.7 Å². The number of hydrogen-bond donors (Lipinski definition) is 3. The van der Waals surface area contributed by atoms with Gasteiger partial charge in [0.25, 0.3) is 5.91 Å². The van der Waals surface area contributed by atoms with E-state index in [-0.39, 0.29) is 40.5 Å². The molecule has 1 amide bonds. The fourth-order valence-electron chi connectivity index (χ4n) is 5.24. The Hall–Kier alpha value is -4.47. The summed E-state index contributed by atoms with van der Waals surface area (Å²) in [5.41, 5.74) is 1.06. The second kappa shape index (κ2) is 9.13. The zero-order chi connectivity index (χ0) is 28.3. The van der Waals surface area contributed by atoms with Crippen LogP contribution in [-0.4, -0.2) is 46.5 Å². The van der Waals surface area contributed by atoms with E-state index in [1.807, 2.05) is 0 Å². The lowest BCUT2D eigenvalue weighted by atomic mass is 9.67. The van der Waals surface area contributed by atoms with Gasteiger partial charge >= 0.3 is 5.97 Å². The van der Waals surface area contributed by atoms with Crippen molar-refractivity contribution >= 4 is 29.2 Å². The number of ketones is 3. The number of allylic oxidation sites excluding steroid dienone is 2. The lowest BCUT2D eigenvalue weighted by Gasteiger charge is -2.30. The molecule has 38 heavy (non-hydrogen) atoms. The molecule has 0 spiro atoms. The Labute approximate surface area is 218 Å². The molecule has 10 heteroatoms. The molecule has 0 bridgehead atoms. The van der Waals surface area contributed by atoms with Crippen LogP contribution in [-0.2, 0) is 26.3 Å². The molecule has 0 saturated carbocycles. The molecular weight excluding hydrogens is 494 g/mol. The SMILES string of the molecule is COc1cc(O)c2c(c1C(=O)NCc1c(C)cc(C(=O)O)c(C)c1C)OC1=CC(=O)C(C(C)=O)C(=O)[C@]12C. The third kappa shape index (κ3) is 3.75. The van der Waals surface area contributed by atoms with Gasteiger partial charge in [0.15, 0.2) is 17.3 Å². The molecule has 1 heterocycles. The minimum absolute atomic E-state index is 0.0330. The quantitative estimate of drug-likeness (QED) is 0.486. The summed E-state index contributed by atoms with van der Waals surface area (Å²) in [6.07, 6.45) is 1.06. The summed E-state index contributed by atoms with van der Waals surface area (Å²) in [5, 5.41) is 23.1. The normalized spacial score (nSPS) is 19.7. The molecule has 0 fully saturated rings. The minimum atomic E-state index is -1.66. The van der Waals surface area contributed by atoms with Gasteiger partial charge in [0.2, 0.25) is 0 Å². The van der Waals surface area contributed by atoms with E-state index in [0.717, 1.165) is 18.6 Å². The highest BCUT2D eigenvalue weighted by Crippen LogP contribution is 2.56. The number of benzene rings is 2. The summed E-state index contributed by atoms with van der Waals surface area (Å²) in [7, 11) is 1.30. The Morgan fingerprint density at radius 3 is 2.37 bits per heavy atom. The second-order valence-corrected chi connectivity index (χ2v) is 9.68. The monoisotopic (exact) mass is 521 g/mol. The second-order valence-electron chi connectivity index (χ2n) is 9.68. The molecule has 2 aromatic rings. The Morgan fingerprint density at radius 2 is 1.79 bits per heavy atom. The maximum atomic E-state index is 13.5. The van der Waals surface area contributed by atoms with E-state index in [4.69, 9.17) is 9.47 Å². The van der Waals surface area contributed by atoms with E-state index in [1.165, 1.54) is 20.1 Å². The molecule has 2 atom stereocenters. The van der Waals surface area contributed by atoms with E-state index in [0.29, 0.717) is 16.7 Å². The van der Waals surface area contributed by atoms with E-state index < -0.39 is 46.3 Å². The Kier molecular flexibility index (Phi) is 6.39. The van der Waals surface area contributed by atoms with Crippen molar-refractivity contribution in [1.82, 2.24) is 5.32 Å². The number of carboxylic acids is 1. The van der Waals surface area contributed by atoms with Crippen molar-refractivity contribution in [2.24, 2.45) is 5.92 Å². The summed E-state index contributed by atoms with van der Waals surface area (Å²) in [6, 6.07) is 2.72. The molecule has 10 nitrogen and oxygen atoms in total. The van der Waals surface area contributed by atoms with Crippen LogP contribution in [0.15, 0.2) is 24.0 Å². The molecule has 4 rings (SSSR count). The summed E-state index contributed by atoms with van der Waals surface area (Å²) in [5.74, 6) is -6.02. The van der Waals surface area contributed by atoms with Gasteiger partial charge < -0.3 is 25.0 Å². The van der Waals surface area contributed by atoms with Gasteiger partial charge in [-0.25, -0.2) is 4.79 Å². The number of fused-ring (bicyclic) bond motifs is 3. The fourth-order valence-corrected chi connectivity index (χ4v) is 5.24. The number of rotatable bonds is 6. The molecule has 0 saturated heterocycles. The zero-order valence-corrected chi connectivity index (χ0v) is 21.8. The van der Waals surface area contributed by atoms with Gasteiger partial charge in [-0.1, -0.05) is 0 Å². The van der Waals surface area contributed by atoms with Crippen LogP contribution in [0.5, 0.6) is 17.2 Å². The average Bonchev–Trinajstić information content (AvgIpc) is 3.14. The van der Waals surface area contributed by atoms with E-state index >= 15 is 0 Å². The molecule has 3 N–H and O–H groups in total. The number of aromatic carboxylic acids is 1. The molecule has 198 valence electrons. The number of aryl methyl sites for hydroxylation is 1. The van der Waals surface area contributed by atoms with Gasteiger partial charge in [0.05, 0.1) is 18.2 Å². The minimum Gasteiger partial charge on any atom is -0.507 e. The van der Waals surface area contributed by atoms with Crippen LogP contribution in [0.4, 0.5) is 0 Å². The number of phenolic OH excluding ortho intramolecular Hbond substituents is 1. The Morgan fingerprint density at radius 1 is 1.13 bits per heavy atom. The van der Waals surface area contributed by atoms with Crippen molar-refractivity contribution in [3.8, 4) is 17.2 Å². The van der Waals surface area contributed by atoms with Crippen LogP contribution in [0.25, 0.3) is 0 Å². The molecule has 1 aliphatic heterocycles. The molecule has 2 aliphatic rings. The third-order valence-electron chi connectivity index (χ3n) is 7.51.